The maximum Gasteiger partial charge on any atom is 0.410 e. The molecule has 7 nitrogen and oxygen atoms in total. The highest BCUT2D eigenvalue weighted by atomic mass is 32.2. The van der Waals surface area contributed by atoms with Gasteiger partial charge in [-0.05, 0) is 50.6 Å². The Morgan fingerprint density at radius 1 is 1.19 bits per heavy atom. The first-order valence-corrected chi connectivity index (χ1v) is 12.2. The Labute approximate surface area is 187 Å². The van der Waals surface area contributed by atoms with E-state index in [9.17, 15) is 18.0 Å². The Balaban J connectivity index is 1.69. The number of carbonyl (C=O) groups excluding carboxylic acids is 2. The first-order chi connectivity index (χ1) is 15.3. The molecule has 0 spiro atoms. The average Bonchev–Trinajstić information content (AvgIpc) is 3.18. The molecule has 1 N–H and O–H groups in total. The SMILES string of the molecule is CCOC(=O)N1CCCC(=O)C1Cc1cc2c(S(=O)(=O)c3ccc(C)cc3)cccc2[nH]1. The average molecular weight is 455 g/mol. The van der Waals surface area contributed by atoms with Gasteiger partial charge in [-0.3, -0.25) is 9.69 Å². The summed E-state index contributed by atoms with van der Waals surface area (Å²) >= 11 is 0. The second-order valence-electron chi connectivity index (χ2n) is 8.01. The molecule has 4 rings (SSSR count). The first kappa shape index (κ1) is 22.1. The minimum absolute atomic E-state index is 0.0181. The van der Waals surface area contributed by atoms with Crippen LogP contribution in [0, 0.1) is 6.92 Å². The van der Waals surface area contributed by atoms with E-state index in [1.807, 2.05) is 6.92 Å². The van der Waals surface area contributed by atoms with Gasteiger partial charge in [-0.15, -0.1) is 0 Å². The highest BCUT2D eigenvalue weighted by Crippen LogP contribution is 2.30. The molecule has 168 valence electrons. The molecule has 0 bridgehead atoms. The van der Waals surface area contributed by atoms with Gasteiger partial charge in [0, 0.05) is 36.0 Å². The maximum atomic E-state index is 13.3. The molecule has 1 saturated heterocycles. The smallest absolute Gasteiger partial charge is 0.410 e. The van der Waals surface area contributed by atoms with Gasteiger partial charge in [0.2, 0.25) is 9.84 Å². The number of ether oxygens (including phenoxy) is 1. The summed E-state index contributed by atoms with van der Waals surface area (Å²) in [4.78, 5) is 30.1. The van der Waals surface area contributed by atoms with Gasteiger partial charge in [-0.2, -0.15) is 0 Å². The molecular formula is C24H26N2O5S. The fourth-order valence-corrected chi connectivity index (χ4v) is 5.62. The van der Waals surface area contributed by atoms with Crippen LogP contribution in [0.5, 0.6) is 0 Å². The molecule has 1 atom stereocenters. The molecule has 2 heterocycles. The van der Waals surface area contributed by atoms with Crippen LogP contribution in [0.15, 0.2) is 58.3 Å². The van der Waals surface area contributed by atoms with Crippen molar-refractivity contribution in [2.45, 2.75) is 48.9 Å². The Morgan fingerprint density at radius 2 is 1.94 bits per heavy atom. The van der Waals surface area contributed by atoms with Crippen molar-refractivity contribution in [1.29, 1.82) is 0 Å². The zero-order valence-electron chi connectivity index (χ0n) is 18.1. The van der Waals surface area contributed by atoms with Crippen molar-refractivity contribution in [2.75, 3.05) is 13.2 Å². The van der Waals surface area contributed by atoms with Crippen LogP contribution in [-0.4, -0.2) is 49.4 Å². The topological polar surface area (TPSA) is 96.5 Å². The van der Waals surface area contributed by atoms with Gasteiger partial charge in [0.15, 0.2) is 5.78 Å². The highest BCUT2D eigenvalue weighted by molar-refractivity contribution is 7.91. The van der Waals surface area contributed by atoms with E-state index in [1.54, 1.807) is 55.5 Å². The molecule has 1 aliphatic heterocycles. The third-order valence-corrected chi connectivity index (χ3v) is 7.61. The standard InChI is InChI=1S/C24H26N2O5S/c1-3-31-24(28)26-13-5-7-22(27)21(26)15-17-14-19-20(25-17)6-4-8-23(19)32(29,30)18-11-9-16(2)10-12-18/h4,6,8-12,14,21,25H,3,5,7,13,15H2,1-2H3. The number of likely N-dealkylation sites (tertiary alicyclic amines) is 1. The van der Waals surface area contributed by atoms with Crippen LogP contribution in [-0.2, 0) is 25.8 Å². The van der Waals surface area contributed by atoms with Crippen LogP contribution in [0.1, 0.15) is 31.0 Å². The Kier molecular flexibility index (Phi) is 6.06. The number of hydrogen-bond donors (Lipinski definition) is 1. The van der Waals surface area contributed by atoms with E-state index in [2.05, 4.69) is 4.98 Å². The fourth-order valence-electron chi connectivity index (χ4n) is 4.15. The summed E-state index contributed by atoms with van der Waals surface area (Å²) in [6.45, 7) is 4.33. The number of aromatic nitrogens is 1. The second-order valence-corrected chi connectivity index (χ2v) is 9.93. The maximum absolute atomic E-state index is 13.3. The van der Waals surface area contributed by atoms with E-state index in [4.69, 9.17) is 4.74 Å². The van der Waals surface area contributed by atoms with E-state index in [0.29, 0.717) is 36.0 Å². The Bertz CT molecular complexity index is 1260. The van der Waals surface area contributed by atoms with Gasteiger partial charge in [0.25, 0.3) is 0 Å². The zero-order valence-corrected chi connectivity index (χ0v) is 18.9. The molecule has 8 heteroatoms. The third-order valence-electron chi connectivity index (χ3n) is 5.79. The lowest BCUT2D eigenvalue weighted by Crippen LogP contribution is -2.50. The molecule has 1 aliphatic rings. The third kappa shape index (κ3) is 4.14. The minimum Gasteiger partial charge on any atom is -0.450 e. The van der Waals surface area contributed by atoms with Crippen LogP contribution in [0.2, 0.25) is 0 Å². The van der Waals surface area contributed by atoms with Crippen molar-refractivity contribution in [2.24, 2.45) is 0 Å². The highest BCUT2D eigenvalue weighted by Gasteiger charge is 2.34. The number of Topliss-reactive ketones (excluding diaryl/α,β-unsaturated/α-hetero) is 1. The van der Waals surface area contributed by atoms with Crippen LogP contribution in [0.25, 0.3) is 10.9 Å². The molecule has 1 aromatic heterocycles. The summed E-state index contributed by atoms with van der Waals surface area (Å²) in [5, 5.41) is 0.564. The van der Waals surface area contributed by atoms with Gasteiger partial charge < -0.3 is 9.72 Å². The summed E-state index contributed by atoms with van der Waals surface area (Å²) in [7, 11) is -3.72. The number of aromatic amines is 1. The van der Waals surface area contributed by atoms with Crippen molar-refractivity contribution in [1.82, 2.24) is 9.88 Å². The first-order valence-electron chi connectivity index (χ1n) is 10.7. The molecular weight excluding hydrogens is 428 g/mol. The molecule has 1 fully saturated rings. The van der Waals surface area contributed by atoms with Crippen molar-refractivity contribution < 1.29 is 22.7 Å². The number of amides is 1. The Morgan fingerprint density at radius 3 is 2.66 bits per heavy atom. The van der Waals surface area contributed by atoms with Gasteiger partial charge in [-0.1, -0.05) is 23.8 Å². The number of nitrogens with zero attached hydrogens (tertiary/aromatic N) is 1. The number of sulfone groups is 1. The molecule has 0 aliphatic carbocycles. The largest absolute Gasteiger partial charge is 0.450 e. The van der Waals surface area contributed by atoms with Gasteiger partial charge >= 0.3 is 6.09 Å². The molecule has 3 aromatic rings. The molecule has 0 saturated carbocycles. The van der Waals surface area contributed by atoms with Crippen molar-refractivity contribution >= 4 is 32.6 Å². The number of carbonyl (C=O) groups is 2. The summed E-state index contributed by atoms with van der Waals surface area (Å²) < 4.78 is 31.7. The number of aryl methyl sites for hydroxylation is 1. The van der Waals surface area contributed by atoms with Crippen molar-refractivity contribution in [3.63, 3.8) is 0 Å². The zero-order chi connectivity index (χ0) is 22.9. The van der Waals surface area contributed by atoms with Crippen molar-refractivity contribution in [3.8, 4) is 0 Å². The molecule has 32 heavy (non-hydrogen) atoms. The molecule has 1 unspecified atom stereocenters. The predicted molar refractivity (Wildman–Crippen MR) is 120 cm³/mol. The van der Waals surface area contributed by atoms with E-state index in [1.165, 1.54) is 4.90 Å². The number of hydrogen-bond acceptors (Lipinski definition) is 5. The van der Waals surface area contributed by atoms with E-state index in [0.717, 1.165) is 5.56 Å². The number of fused-ring (bicyclic) bond motifs is 1. The fraction of sp³-hybridized carbons (Fsp3) is 0.333. The second kappa shape index (κ2) is 8.78. The minimum atomic E-state index is -3.72. The number of ketones is 1. The number of H-pyrrole nitrogens is 1. The van der Waals surface area contributed by atoms with Crippen molar-refractivity contribution in [3.05, 3.63) is 59.8 Å². The van der Waals surface area contributed by atoms with E-state index in [-0.39, 0.29) is 28.6 Å². The van der Waals surface area contributed by atoms with E-state index < -0.39 is 22.0 Å². The quantitative estimate of drug-likeness (QED) is 0.628. The number of nitrogens with one attached hydrogen (secondary N) is 1. The lowest BCUT2D eigenvalue weighted by atomic mass is 9.97. The number of rotatable bonds is 5. The predicted octanol–water partition coefficient (Wildman–Crippen LogP) is 4.04. The monoisotopic (exact) mass is 454 g/mol. The van der Waals surface area contributed by atoms with Crippen LogP contribution in [0.3, 0.4) is 0 Å². The molecule has 1 amide bonds. The summed E-state index contributed by atoms with van der Waals surface area (Å²) in [5.41, 5.74) is 2.34. The van der Waals surface area contributed by atoms with Gasteiger partial charge in [0.05, 0.1) is 22.4 Å². The van der Waals surface area contributed by atoms with Crippen LogP contribution in [0.4, 0.5) is 4.79 Å². The summed E-state index contributed by atoms with van der Waals surface area (Å²) in [6.07, 6.45) is 0.800. The van der Waals surface area contributed by atoms with E-state index >= 15 is 0 Å². The lowest BCUT2D eigenvalue weighted by molar-refractivity contribution is -0.126. The Hall–Kier alpha value is -3.13. The van der Waals surface area contributed by atoms with Gasteiger partial charge in [0.1, 0.15) is 0 Å². The molecule has 2 aromatic carbocycles. The summed E-state index contributed by atoms with van der Waals surface area (Å²) in [5.74, 6) is -0.0181. The number of benzene rings is 2. The normalized spacial score (nSPS) is 17.0. The summed E-state index contributed by atoms with van der Waals surface area (Å²) in [6, 6.07) is 13.0. The number of piperidine rings is 1. The molecule has 0 radical (unpaired) electrons. The van der Waals surface area contributed by atoms with Crippen LogP contribution >= 0.6 is 0 Å². The van der Waals surface area contributed by atoms with Crippen LogP contribution < -0.4 is 0 Å². The lowest BCUT2D eigenvalue weighted by Gasteiger charge is -2.33. The van der Waals surface area contributed by atoms with Gasteiger partial charge in [-0.25, -0.2) is 13.2 Å².